The third-order valence-corrected chi connectivity index (χ3v) is 6.29. The average Bonchev–Trinajstić information content (AvgIpc) is 3.63. The van der Waals surface area contributed by atoms with Gasteiger partial charge in [0, 0.05) is 36.4 Å². The van der Waals surface area contributed by atoms with Crippen molar-refractivity contribution in [2.75, 3.05) is 38.2 Å². The van der Waals surface area contributed by atoms with Gasteiger partial charge in [-0.3, -0.25) is 9.69 Å². The van der Waals surface area contributed by atoms with Crippen LogP contribution in [0.25, 0.3) is 10.9 Å². The van der Waals surface area contributed by atoms with Crippen LogP contribution in [0.5, 0.6) is 11.5 Å². The number of hydrogen-bond acceptors (Lipinski definition) is 8. The molecule has 3 aromatic rings. The summed E-state index contributed by atoms with van der Waals surface area (Å²) in [7, 11) is 0. The third kappa shape index (κ3) is 6.14. The average molecular weight is 515 g/mol. The number of fused-ring (bicyclic) bond motifs is 1. The minimum absolute atomic E-state index is 0.0132. The fourth-order valence-electron chi connectivity index (χ4n) is 4.11. The molecular weight excluding hydrogens is 487 g/mol. The molecule has 1 aromatic heterocycles. The van der Waals surface area contributed by atoms with Gasteiger partial charge in [-0.05, 0) is 56.9 Å². The lowest BCUT2D eigenvalue weighted by Crippen LogP contribution is -2.51. The van der Waals surface area contributed by atoms with Crippen molar-refractivity contribution in [2.45, 2.75) is 32.3 Å². The van der Waals surface area contributed by atoms with Crippen molar-refractivity contribution >= 4 is 40.1 Å². The van der Waals surface area contributed by atoms with E-state index in [0.717, 1.165) is 5.39 Å². The smallest absolute Gasteiger partial charge is 0.320 e. The molecule has 0 bridgehead atoms. The number of anilines is 2. The van der Waals surface area contributed by atoms with E-state index in [-0.39, 0.29) is 17.5 Å². The van der Waals surface area contributed by atoms with Crippen LogP contribution in [0.3, 0.4) is 0 Å². The summed E-state index contributed by atoms with van der Waals surface area (Å²) < 4.78 is 31.1. The zero-order valence-electron chi connectivity index (χ0n) is 20.2. The minimum atomic E-state index is -0.522. The molecule has 0 unspecified atom stereocenters. The van der Waals surface area contributed by atoms with Crippen LogP contribution in [0, 0.1) is 11.7 Å². The molecule has 0 radical (unpaired) electrons. The Morgan fingerprint density at radius 3 is 2.78 bits per heavy atom. The first-order chi connectivity index (χ1) is 17.2. The van der Waals surface area contributed by atoms with Gasteiger partial charge in [-0.2, -0.15) is 0 Å². The maximum Gasteiger partial charge on any atom is 0.320 e. The minimum Gasteiger partial charge on any atom is -0.489 e. The van der Waals surface area contributed by atoms with Gasteiger partial charge in [0.25, 0.3) is 0 Å². The largest absolute Gasteiger partial charge is 0.489 e. The van der Waals surface area contributed by atoms with Crippen LogP contribution in [0.4, 0.5) is 16.0 Å². The molecular formula is C26H28ClFN4O4. The van der Waals surface area contributed by atoms with E-state index < -0.39 is 11.4 Å². The predicted molar refractivity (Wildman–Crippen MR) is 135 cm³/mol. The molecule has 5 rings (SSSR count). The number of morpholine rings is 1. The van der Waals surface area contributed by atoms with Crippen LogP contribution < -0.4 is 14.8 Å². The molecule has 1 saturated heterocycles. The van der Waals surface area contributed by atoms with Gasteiger partial charge < -0.3 is 19.5 Å². The number of carbonyl (C=O) groups is 1. The molecule has 1 saturated carbocycles. The maximum atomic E-state index is 13.5. The summed E-state index contributed by atoms with van der Waals surface area (Å²) in [6.45, 7) is 6.26. The summed E-state index contributed by atoms with van der Waals surface area (Å²) in [6, 6.07) is 8.04. The second-order valence-electron chi connectivity index (χ2n) is 9.85. The van der Waals surface area contributed by atoms with Crippen LogP contribution in [-0.4, -0.2) is 59.3 Å². The molecule has 2 aliphatic rings. The second kappa shape index (κ2) is 10.1. The van der Waals surface area contributed by atoms with E-state index in [2.05, 4.69) is 15.3 Å². The van der Waals surface area contributed by atoms with Gasteiger partial charge in [-0.15, -0.1) is 0 Å². The van der Waals surface area contributed by atoms with Crippen molar-refractivity contribution in [3.63, 3.8) is 0 Å². The molecule has 190 valence electrons. The Morgan fingerprint density at radius 2 is 2.03 bits per heavy atom. The first-order valence-corrected chi connectivity index (χ1v) is 12.3. The molecule has 0 spiro atoms. The van der Waals surface area contributed by atoms with Gasteiger partial charge in [0.2, 0.25) is 5.95 Å². The highest BCUT2D eigenvalue weighted by Crippen LogP contribution is 2.35. The van der Waals surface area contributed by atoms with Crippen molar-refractivity contribution in [3.05, 3.63) is 47.4 Å². The van der Waals surface area contributed by atoms with Gasteiger partial charge in [0.1, 0.15) is 18.0 Å². The predicted octanol–water partition coefficient (Wildman–Crippen LogP) is 4.97. The van der Waals surface area contributed by atoms with E-state index in [4.69, 9.17) is 25.8 Å². The van der Waals surface area contributed by atoms with Gasteiger partial charge in [-0.25, -0.2) is 14.4 Å². The third-order valence-electron chi connectivity index (χ3n) is 6.00. The van der Waals surface area contributed by atoms with Crippen LogP contribution >= 0.6 is 11.6 Å². The molecule has 2 heterocycles. The summed E-state index contributed by atoms with van der Waals surface area (Å²) in [4.78, 5) is 22.9. The molecule has 1 aliphatic heterocycles. The maximum absolute atomic E-state index is 13.5. The lowest BCUT2D eigenvalue weighted by molar-refractivity contribution is -0.169. The van der Waals surface area contributed by atoms with E-state index in [0.29, 0.717) is 60.9 Å². The molecule has 2 aromatic carbocycles. The fraction of sp³-hybridized carbons (Fsp3) is 0.423. The van der Waals surface area contributed by atoms with Crippen LogP contribution in [-0.2, 0) is 9.53 Å². The Labute approximate surface area is 213 Å². The number of ether oxygens (including phenoxy) is 3. The number of benzene rings is 2. The van der Waals surface area contributed by atoms with E-state index in [1.807, 2.05) is 30.9 Å². The molecule has 2 fully saturated rings. The Bertz CT molecular complexity index is 1280. The number of aromatic nitrogens is 2. The Hall–Kier alpha value is -3.17. The Morgan fingerprint density at radius 1 is 1.22 bits per heavy atom. The zero-order chi connectivity index (χ0) is 25.3. The topological polar surface area (TPSA) is 85.8 Å². The van der Waals surface area contributed by atoms with Crippen LogP contribution in [0.1, 0.15) is 26.7 Å². The highest BCUT2D eigenvalue weighted by atomic mass is 35.5. The summed E-state index contributed by atoms with van der Waals surface area (Å²) >= 11 is 5.88. The Kier molecular flexibility index (Phi) is 6.85. The first kappa shape index (κ1) is 24.5. The highest BCUT2D eigenvalue weighted by molar-refractivity contribution is 6.31. The molecule has 36 heavy (non-hydrogen) atoms. The monoisotopic (exact) mass is 514 g/mol. The van der Waals surface area contributed by atoms with Crippen LogP contribution in [0.2, 0.25) is 5.02 Å². The molecule has 1 N–H and O–H groups in total. The molecule has 0 amide bonds. The number of nitrogens with zero attached hydrogens (tertiary/aromatic N) is 3. The van der Waals surface area contributed by atoms with Crippen molar-refractivity contribution in [1.82, 2.24) is 14.9 Å². The second-order valence-corrected chi connectivity index (χ2v) is 10.3. The van der Waals surface area contributed by atoms with E-state index in [1.165, 1.54) is 25.0 Å². The number of rotatable bonds is 9. The van der Waals surface area contributed by atoms with Crippen LogP contribution in [0.15, 0.2) is 36.5 Å². The zero-order valence-corrected chi connectivity index (χ0v) is 21.0. The van der Waals surface area contributed by atoms with Gasteiger partial charge in [0.05, 0.1) is 23.7 Å². The summed E-state index contributed by atoms with van der Waals surface area (Å²) in [5.41, 5.74) is 0.716. The summed E-state index contributed by atoms with van der Waals surface area (Å²) in [5, 5.41) is 3.86. The van der Waals surface area contributed by atoms with Crippen molar-refractivity contribution in [2.24, 2.45) is 5.92 Å². The number of cyclic esters (lactones) is 1. The molecule has 0 atom stereocenters. The lowest BCUT2D eigenvalue weighted by atomic mass is 10.1. The SMILES string of the molecule is CC1(C)CN(CCOc2cc3nc(Nc4ccc(F)c(Cl)c4)ncc3cc2OCC2CC2)CC(=O)O1. The standard InChI is InChI=1S/C26H28ClFN4O4/c1-26(2)15-32(13-24(33)36-26)7-8-34-23-11-21-17(9-22(23)35-14-16-3-4-16)12-29-25(31-21)30-18-5-6-20(28)19(27)10-18/h5-6,9-12,16H,3-4,7-8,13-15H2,1-2H3,(H,29,30,31). The van der Waals surface area contributed by atoms with E-state index in [1.54, 1.807) is 12.3 Å². The van der Waals surface area contributed by atoms with Gasteiger partial charge in [-0.1, -0.05) is 11.6 Å². The number of nitrogens with one attached hydrogen (secondary N) is 1. The van der Waals surface area contributed by atoms with Gasteiger partial charge >= 0.3 is 5.97 Å². The number of esters is 1. The van der Waals surface area contributed by atoms with E-state index >= 15 is 0 Å². The fourth-order valence-corrected chi connectivity index (χ4v) is 4.29. The first-order valence-electron chi connectivity index (χ1n) is 12.0. The number of hydrogen-bond donors (Lipinski definition) is 1. The molecule has 10 heteroatoms. The molecule has 8 nitrogen and oxygen atoms in total. The molecule has 1 aliphatic carbocycles. The summed E-state index contributed by atoms with van der Waals surface area (Å²) in [5.74, 6) is 1.42. The highest BCUT2D eigenvalue weighted by Gasteiger charge is 2.32. The number of halogens is 2. The normalized spacial score (nSPS) is 17.6. The van der Waals surface area contributed by atoms with Gasteiger partial charge in [0.15, 0.2) is 11.5 Å². The van der Waals surface area contributed by atoms with Crippen molar-refractivity contribution in [3.8, 4) is 11.5 Å². The summed E-state index contributed by atoms with van der Waals surface area (Å²) in [6.07, 6.45) is 4.05. The number of carbonyl (C=O) groups excluding carboxylic acids is 1. The Balaban J connectivity index is 1.33. The van der Waals surface area contributed by atoms with E-state index in [9.17, 15) is 9.18 Å². The van der Waals surface area contributed by atoms with Crippen molar-refractivity contribution in [1.29, 1.82) is 0 Å². The quantitative estimate of drug-likeness (QED) is 0.400. The van der Waals surface area contributed by atoms with Crippen molar-refractivity contribution < 1.29 is 23.4 Å². The lowest BCUT2D eigenvalue weighted by Gasteiger charge is -2.37.